The first-order chi connectivity index (χ1) is 16.5. The second kappa shape index (κ2) is 10.4. The second-order valence-electron chi connectivity index (χ2n) is 7.82. The fraction of sp³-hybridized carbons (Fsp3) is 0.0690. The highest BCUT2D eigenvalue weighted by Gasteiger charge is 2.26. The molecule has 0 radical (unpaired) electrons. The lowest BCUT2D eigenvalue weighted by Crippen LogP contribution is -2.20. The van der Waals surface area contributed by atoms with Crippen LogP contribution in [0.1, 0.15) is 48.3 Å². The SMILES string of the molecule is Cc1ccc(C(=O)[C@H](OC(=O)c2ccc(NC(=O)c3ccccc3)cc2)c2ccccc2)cc1. The fourth-order valence-electron chi connectivity index (χ4n) is 3.43. The number of hydrogen-bond donors (Lipinski definition) is 1. The van der Waals surface area contributed by atoms with Crippen molar-refractivity contribution in [2.24, 2.45) is 0 Å². The number of ketones is 1. The molecule has 4 aromatic carbocycles. The lowest BCUT2D eigenvalue weighted by molar-refractivity contribution is 0.0280. The number of carbonyl (C=O) groups is 3. The molecule has 34 heavy (non-hydrogen) atoms. The van der Waals surface area contributed by atoms with Crippen LogP contribution in [0.3, 0.4) is 0 Å². The van der Waals surface area contributed by atoms with E-state index in [0.717, 1.165) is 5.56 Å². The van der Waals surface area contributed by atoms with Gasteiger partial charge in [0.2, 0.25) is 5.78 Å². The molecule has 0 saturated heterocycles. The summed E-state index contributed by atoms with van der Waals surface area (Å²) in [7, 11) is 0. The van der Waals surface area contributed by atoms with E-state index < -0.39 is 12.1 Å². The molecule has 168 valence electrons. The number of Topliss-reactive ketones (excluding diaryl/α,β-unsaturated/α-hetero) is 1. The molecule has 0 aromatic heterocycles. The minimum atomic E-state index is -1.08. The highest BCUT2D eigenvalue weighted by molar-refractivity contribution is 6.05. The molecule has 0 aliphatic rings. The monoisotopic (exact) mass is 449 g/mol. The van der Waals surface area contributed by atoms with Crippen molar-refractivity contribution in [3.05, 3.63) is 137 Å². The van der Waals surface area contributed by atoms with Crippen molar-refractivity contribution in [3.8, 4) is 0 Å². The van der Waals surface area contributed by atoms with E-state index in [1.54, 1.807) is 84.9 Å². The van der Waals surface area contributed by atoms with Gasteiger partial charge in [0.05, 0.1) is 5.56 Å². The Kier molecular flexibility index (Phi) is 6.94. The van der Waals surface area contributed by atoms with Crippen LogP contribution in [0.4, 0.5) is 5.69 Å². The van der Waals surface area contributed by atoms with Gasteiger partial charge in [-0.1, -0.05) is 78.4 Å². The molecule has 1 amide bonds. The summed E-state index contributed by atoms with van der Waals surface area (Å²) in [5, 5.41) is 2.79. The van der Waals surface area contributed by atoms with Crippen molar-refractivity contribution in [3.63, 3.8) is 0 Å². The molecule has 0 heterocycles. The third-order valence-corrected chi connectivity index (χ3v) is 5.32. The van der Waals surface area contributed by atoms with E-state index in [0.29, 0.717) is 22.4 Å². The van der Waals surface area contributed by atoms with Gasteiger partial charge in [0.25, 0.3) is 5.91 Å². The van der Waals surface area contributed by atoms with Crippen molar-refractivity contribution < 1.29 is 19.1 Å². The molecule has 0 unspecified atom stereocenters. The van der Waals surface area contributed by atoms with Crippen LogP contribution in [0.25, 0.3) is 0 Å². The van der Waals surface area contributed by atoms with Crippen LogP contribution in [-0.2, 0) is 4.74 Å². The number of amides is 1. The van der Waals surface area contributed by atoms with Crippen LogP contribution in [0, 0.1) is 6.92 Å². The maximum Gasteiger partial charge on any atom is 0.339 e. The Morgan fingerprint density at radius 2 is 1.21 bits per heavy atom. The largest absolute Gasteiger partial charge is 0.445 e. The van der Waals surface area contributed by atoms with E-state index in [9.17, 15) is 14.4 Å². The predicted molar refractivity (Wildman–Crippen MR) is 131 cm³/mol. The van der Waals surface area contributed by atoms with Crippen LogP contribution in [0.2, 0.25) is 0 Å². The molecule has 0 aliphatic heterocycles. The Morgan fingerprint density at radius 3 is 1.82 bits per heavy atom. The quantitative estimate of drug-likeness (QED) is 0.276. The summed E-state index contributed by atoms with van der Waals surface area (Å²) in [5.41, 5.74) is 3.44. The number of hydrogen-bond acceptors (Lipinski definition) is 4. The third kappa shape index (κ3) is 5.45. The van der Waals surface area contributed by atoms with E-state index in [2.05, 4.69) is 5.32 Å². The van der Waals surface area contributed by atoms with Crippen molar-refractivity contribution in [1.82, 2.24) is 0 Å². The number of ether oxygens (including phenoxy) is 1. The van der Waals surface area contributed by atoms with Gasteiger partial charge in [-0.05, 0) is 43.3 Å². The molecule has 4 rings (SSSR count). The van der Waals surface area contributed by atoms with Gasteiger partial charge in [-0.3, -0.25) is 9.59 Å². The highest BCUT2D eigenvalue weighted by atomic mass is 16.5. The molecule has 0 aliphatic carbocycles. The maximum absolute atomic E-state index is 13.2. The van der Waals surface area contributed by atoms with Gasteiger partial charge in [0, 0.05) is 22.4 Å². The molecular formula is C29H23NO4. The van der Waals surface area contributed by atoms with Crippen LogP contribution >= 0.6 is 0 Å². The molecule has 4 aromatic rings. The van der Waals surface area contributed by atoms with E-state index in [1.807, 2.05) is 31.2 Å². The Balaban J connectivity index is 1.50. The van der Waals surface area contributed by atoms with Gasteiger partial charge < -0.3 is 10.1 Å². The van der Waals surface area contributed by atoms with E-state index in [-0.39, 0.29) is 17.3 Å². The third-order valence-electron chi connectivity index (χ3n) is 5.32. The molecule has 5 heteroatoms. The number of carbonyl (C=O) groups excluding carboxylic acids is 3. The van der Waals surface area contributed by atoms with Crippen molar-refractivity contribution in [2.75, 3.05) is 5.32 Å². The van der Waals surface area contributed by atoms with Crippen LogP contribution < -0.4 is 5.32 Å². The molecule has 0 fully saturated rings. The second-order valence-corrected chi connectivity index (χ2v) is 7.82. The summed E-state index contributed by atoms with van der Waals surface area (Å²) in [6.45, 7) is 1.94. The molecule has 0 bridgehead atoms. The van der Waals surface area contributed by atoms with Crippen molar-refractivity contribution >= 4 is 23.3 Å². The number of anilines is 1. The average molecular weight is 450 g/mol. The van der Waals surface area contributed by atoms with Crippen LogP contribution in [0.5, 0.6) is 0 Å². The lowest BCUT2D eigenvalue weighted by Gasteiger charge is -2.18. The number of benzene rings is 4. The van der Waals surface area contributed by atoms with Gasteiger partial charge in [0.1, 0.15) is 0 Å². The van der Waals surface area contributed by atoms with E-state index in [4.69, 9.17) is 4.74 Å². The predicted octanol–water partition coefficient (Wildman–Crippen LogP) is 6.03. The van der Waals surface area contributed by atoms with E-state index in [1.165, 1.54) is 0 Å². The number of aryl methyl sites for hydroxylation is 1. The highest BCUT2D eigenvalue weighted by Crippen LogP contribution is 2.25. The zero-order valence-corrected chi connectivity index (χ0v) is 18.6. The van der Waals surface area contributed by atoms with Gasteiger partial charge in [-0.2, -0.15) is 0 Å². The summed E-state index contributed by atoms with van der Waals surface area (Å²) in [6.07, 6.45) is -1.08. The fourth-order valence-corrected chi connectivity index (χ4v) is 3.43. The normalized spacial score (nSPS) is 11.3. The standard InChI is InChI=1S/C29H23NO4/c1-20-12-14-21(15-13-20)26(31)27(22-8-4-2-5-9-22)34-29(33)24-16-18-25(19-17-24)30-28(32)23-10-6-3-7-11-23/h2-19,27H,1H3,(H,30,32)/t27-/m1/s1. The minimum Gasteiger partial charge on any atom is -0.445 e. The Labute approximate surface area is 198 Å². The first-order valence-electron chi connectivity index (χ1n) is 10.8. The van der Waals surface area contributed by atoms with Crippen LogP contribution in [0.15, 0.2) is 109 Å². The van der Waals surface area contributed by atoms with Crippen molar-refractivity contribution in [1.29, 1.82) is 0 Å². The summed E-state index contributed by atoms with van der Waals surface area (Å²) < 4.78 is 5.68. The average Bonchev–Trinajstić information content (AvgIpc) is 2.88. The summed E-state index contributed by atoms with van der Waals surface area (Å²) in [6, 6.07) is 31.3. The first kappa shape index (κ1) is 22.7. The Morgan fingerprint density at radius 1 is 0.647 bits per heavy atom. The van der Waals surface area contributed by atoms with Gasteiger partial charge in [-0.15, -0.1) is 0 Å². The number of rotatable bonds is 7. The van der Waals surface area contributed by atoms with Gasteiger partial charge in [0.15, 0.2) is 6.10 Å². The maximum atomic E-state index is 13.2. The van der Waals surface area contributed by atoms with Crippen molar-refractivity contribution in [2.45, 2.75) is 13.0 Å². The topological polar surface area (TPSA) is 72.5 Å². The summed E-state index contributed by atoms with van der Waals surface area (Å²) in [5.74, 6) is -1.18. The first-order valence-corrected chi connectivity index (χ1v) is 10.8. The Hall–Kier alpha value is -4.51. The number of nitrogens with one attached hydrogen (secondary N) is 1. The smallest absolute Gasteiger partial charge is 0.339 e. The summed E-state index contributed by atoms with van der Waals surface area (Å²) >= 11 is 0. The number of esters is 1. The zero-order chi connectivity index (χ0) is 23.9. The molecule has 0 saturated carbocycles. The van der Waals surface area contributed by atoms with Crippen LogP contribution in [-0.4, -0.2) is 17.7 Å². The lowest BCUT2D eigenvalue weighted by atomic mass is 9.99. The summed E-state index contributed by atoms with van der Waals surface area (Å²) in [4.78, 5) is 38.4. The molecule has 1 atom stereocenters. The molecule has 1 N–H and O–H groups in total. The zero-order valence-electron chi connectivity index (χ0n) is 18.6. The minimum absolute atomic E-state index is 0.247. The Bertz CT molecular complexity index is 1280. The van der Waals surface area contributed by atoms with Gasteiger partial charge in [-0.25, -0.2) is 4.79 Å². The molecule has 0 spiro atoms. The van der Waals surface area contributed by atoms with E-state index >= 15 is 0 Å². The molecule has 5 nitrogen and oxygen atoms in total. The van der Waals surface area contributed by atoms with Gasteiger partial charge >= 0.3 is 5.97 Å². The molecular weight excluding hydrogens is 426 g/mol.